The predicted octanol–water partition coefficient (Wildman–Crippen LogP) is 5.22. The minimum absolute atomic E-state index is 0.0823. The highest BCUT2D eigenvalue weighted by atomic mass is 16.1. The minimum atomic E-state index is 0.0823. The Labute approximate surface area is 148 Å². The normalized spacial score (nSPS) is 11.0. The summed E-state index contributed by atoms with van der Waals surface area (Å²) in [5.41, 5.74) is 4.85. The van der Waals surface area contributed by atoms with E-state index in [4.69, 9.17) is 0 Å². The number of rotatable bonds is 7. The lowest BCUT2D eigenvalue weighted by atomic mass is 10.1. The van der Waals surface area contributed by atoms with Gasteiger partial charge in [-0.2, -0.15) is 0 Å². The average Bonchev–Trinajstić information content (AvgIpc) is 3.02. The van der Waals surface area contributed by atoms with Crippen molar-refractivity contribution in [1.82, 2.24) is 9.38 Å². The van der Waals surface area contributed by atoms with E-state index in [-0.39, 0.29) is 5.91 Å². The van der Waals surface area contributed by atoms with Gasteiger partial charge in [-0.25, -0.2) is 4.98 Å². The summed E-state index contributed by atoms with van der Waals surface area (Å²) in [5, 5.41) is 3.00. The summed E-state index contributed by atoms with van der Waals surface area (Å²) in [7, 11) is 0. The summed E-state index contributed by atoms with van der Waals surface area (Å²) in [6.45, 7) is 4.24. The fourth-order valence-electron chi connectivity index (χ4n) is 2.93. The number of anilines is 1. The van der Waals surface area contributed by atoms with Gasteiger partial charge >= 0.3 is 0 Å². The molecule has 4 heteroatoms. The van der Waals surface area contributed by atoms with Gasteiger partial charge in [0.05, 0.1) is 5.69 Å². The number of nitrogens with one attached hydrogen (secondary N) is 1. The van der Waals surface area contributed by atoms with Gasteiger partial charge in [0.25, 0.3) is 0 Å². The lowest BCUT2D eigenvalue weighted by Crippen LogP contribution is -2.11. The van der Waals surface area contributed by atoms with Crippen molar-refractivity contribution in [1.29, 1.82) is 0 Å². The number of aryl methyl sites for hydroxylation is 1. The van der Waals surface area contributed by atoms with Crippen LogP contribution in [0.5, 0.6) is 0 Å². The quantitative estimate of drug-likeness (QED) is 0.602. The number of pyridine rings is 1. The number of fused-ring (bicyclic) bond motifs is 1. The summed E-state index contributed by atoms with van der Waals surface area (Å²) in [4.78, 5) is 16.7. The first-order valence-corrected chi connectivity index (χ1v) is 9.01. The van der Waals surface area contributed by atoms with E-state index in [0.717, 1.165) is 35.4 Å². The number of amides is 1. The van der Waals surface area contributed by atoms with Gasteiger partial charge in [-0.3, -0.25) is 4.79 Å². The van der Waals surface area contributed by atoms with Crippen LogP contribution in [0.2, 0.25) is 0 Å². The van der Waals surface area contributed by atoms with Crippen LogP contribution in [0.1, 0.15) is 44.6 Å². The molecule has 1 aromatic carbocycles. The summed E-state index contributed by atoms with van der Waals surface area (Å²) >= 11 is 0. The standard InChI is InChI=1S/C21H25N3O/c1-3-4-5-6-10-21(25)22-18-9-7-8-17(13-18)19-15-24-14-16(2)11-12-20(24)23-19/h7-9,11-15H,3-6,10H2,1-2H3,(H,22,25). The number of aromatic nitrogens is 2. The molecule has 25 heavy (non-hydrogen) atoms. The number of hydrogen-bond donors (Lipinski definition) is 1. The van der Waals surface area contributed by atoms with Crippen LogP contribution in [0.3, 0.4) is 0 Å². The van der Waals surface area contributed by atoms with Crippen molar-refractivity contribution in [3.05, 3.63) is 54.4 Å². The molecule has 0 atom stereocenters. The van der Waals surface area contributed by atoms with Gasteiger partial charge in [-0.15, -0.1) is 0 Å². The van der Waals surface area contributed by atoms with Crippen molar-refractivity contribution in [2.75, 3.05) is 5.32 Å². The average molecular weight is 335 g/mol. The second kappa shape index (κ2) is 7.97. The second-order valence-electron chi connectivity index (χ2n) is 6.54. The largest absolute Gasteiger partial charge is 0.326 e. The third kappa shape index (κ3) is 4.47. The molecule has 0 radical (unpaired) electrons. The van der Waals surface area contributed by atoms with Crippen molar-refractivity contribution >= 4 is 17.2 Å². The molecule has 0 spiro atoms. The maximum absolute atomic E-state index is 12.1. The van der Waals surface area contributed by atoms with Gasteiger partial charge in [0.1, 0.15) is 5.65 Å². The Morgan fingerprint density at radius 2 is 2.00 bits per heavy atom. The fourth-order valence-corrected chi connectivity index (χ4v) is 2.93. The molecule has 0 unspecified atom stereocenters. The summed E-state index contributed by atoms with van der Waals surface area (Å²) in [5.74, 6) is 0.0823. The number of unbranched alkanes of at least 4 members (excludes halogenated alkanes) is 3. The summed E-state index contributed by atoms with van der Waals surface area (Å²) in [6, 6.07) is 12.0. The molecule has 0 saturated heterocycles. The molecule has 130 valence electrons. The van der Waals surface area contributed by atoms with Crippen molar-refractivity contribution in [2.24, 2.45) is 0 Å². The van der Waals surface area contributed by atoms with E-state index in [1.54, 1.807) is 0 Å². The third-order valence-electron chi connectivity index (χ3n) is 4.30. The minimum Gasteiger partial charge on any atom is -0.326 e. The SMILES string of the molecule is CCCCCCC(=O)Nc1cccc(-c2cn3cc(C)ccc3n2)c1. The number of benzene rings is 1. The molecule has 0 aliphatic rings. The smallest absolute Gasteiger partial charge is 0.224 e. The first kappa shape index (κ1) is 17.2. The fraction of sp³-hybridized carbons (Fsp3) is 0.333. The number of hydrogen-bond acceptors (Lipinski definition) is 2. The number of carbonyl (C=O) groups is 1. The molecular weight excluding hydrogens is 310 g/mol. The van der Waals surface area contributed by atoms with Crippen LogP contribution in [0.4, 0.5) is 5.69 Å². The molecule has 1 N–H and O–H groups in total. The molecule has 2 aromatic heterocycles. The third-order valence-corrected chi connectivity index (χ3v) is 4.30. The maximum Gasteiger partial charge on any atom is 0.224 e. The molecule has 0 saturated carbocycles. The Morgan fingerprint density at radius 3 is 2.84 bits per heavy atom. The molecule has 1 amide bonds. The predicted molar refractivity (Wildman–Crippen MR) is 103 cm³/mol. The molecule has 3 rings (SSSR count). The van der Waals surface area contributed by atoms with Crippen molar-refractivity contribution in [3.63, 3.8) is 0 Å². The molecule has 4 nitrogen and oxygen atoms in total. The zero-order valence-corrected chi connectivity index (χ0v) is 15.0. The van der Waals surface area contributed by atoms with Crippen LogP contribution in [-0.4, -0.2) is 15.3 Å². The zero-order valence-electron chi connectivity index (χ0n) is 15.0. The Hall–Kier alpha value is -2.62. The number of carbonyl (C=O) groups excluding carboxylic acids is 1. The monoisotopic (exact) mass is 335 g/mol. The first-order chi connectivity index (χ1) is 12.2. The van der Waals surface area contributed by atoms with Crippen molar-refractivity contribution in [2.45, 2.75) is 46.0 Å². The molecule has 2 heterocycles. The van der Waals surface area contributed by atoms with Crippen molar-refractivity contribution < 1.29 is 4.79 Å². The Balaban J connectivity index is 1.71. The van der Waals surface area contributed by atoms with Gasteiger partial charge in [-0.05, 0) is 37.1 Å². The van der Waals surface area contributed by atoms with Gasteiger partial charge in [0.15, 0.2) is 0 Å². The van der Waals surface area contributed by atoms with Crippen LogP contribution in [0.25, 0.3) is 16.9 Å². The molecule has 0 aliphatic heterocycles. The Bertz CT molecular complexity index is 866. The number of nitrogens with zero attached hydrogens (tertiary/aromatic N) is 2. The summed E-state index contributed by atoms with van der Waals surface area (Å²) in [6.07, 6.45) is 9.10. The van der Waals surface area contributed by atoms with E-state index < -0.39 is 0 Å². The highest BCUT2D eigenvalue weighted by Crippen LogP contribution is 2.23. The second-order valence-corrected chi connectivity index (χ2v) is 6.54. The number of imidazole rings is 1. The lowest BCUT2D eigenvalue weighted by molar-refractivity contribution is -0.116. The van der Waals surface area contributed by atoms with E-state index >= 15 is 0 Å². The Morgan fingerprint density at radius 1 is 1.12 bits per heavy atom. The maximum atomic E-state index is 12.1. The van der Waals surface area contributed by atoms with Crippen LogP contribution >= 0.6 is 0 Å². The van der Waals surface area contributed by atoms with E-state index in [1.165, 1.54) is 18.4 Å². The molecule has 3 aromatic rings. The van der Waals surface area contributed by atoms with E-state index in [1.807, 2.05) is 40.9 Å². The van der Waals surface area contributed by atoms with Crippen molar-refractivity contribution in [3.8, 4) is 11.3 Å². The van der Waals surface area contributed by atoms with Crippen LogP contribution < -0.4 is 5.32 Å². The molecule has 0 aliphatic carbocycles. The Kier molecular flexibility index (Phi) is 5.49. The highest BCUT2D eigenvalue weighted by molar-refractivity contribution is 5.91. The van der Waals surface area contributed by atoms with Crippen LogP contribution in [0.15, 0.2) is 48.8 Å². The molecular formula is C21H25N3O. The van der Waals surface area contributed by atoms with Gasteiger partial charge in [0, 0.05) is 30.1 Å². The van der Waals surface area contributed by atoms with Gasteiger partial charge in [0.2, 0.25) is 5.91 Å². The van der Waals surface area contributed by atoms with Crippen LogP contribution in [-0.2, 0) is 4.79 Å². The van der Waals surface area contributed by atoms with E-state index in [9.17, 15) is 4.79 Å². The lowest BCUT2D eigenvalue weighted by Gasteiger charge is -2.06. The first-order valence-electron chi connectivity index (χ1n) is 9.01. The molecule has 0 fully saturated rings. The van der Waals surface area contributed by atoms with E-state index in [2.05, 4.69) is 36.4 Å². The zero-order chi connectivity index (χ0) is 17.6. The highest BCUT2D eigenvalue weighted by Gasteiger charge is 2.07. The summed E-state index contributed by atoms with van der Waals surface area (Å²) < 4.78 is 2.03. The topological polar surface area (TPSA) is 46.4 Å². The van der Waals surface area contributed by atoms with Crippen LogP contribution in [0, 0.1) is 6.92 Å². The van der Waals surface area contributed by atoms with E-state index in [0.29, 0.717) is 6.42 Å². The van der Waals surface area contributed by atoms with Gasteiger partial charge in [-0.1, -0.05) is 44.4 Å². The molecule has 0 bridgehead atoms. The van der Waals surface area contributed by atoms with Gasteiger partial charge < -0.3 is 9.72 Å².